The van der Waals surface area contributed by atoms with Gasteiger partial charge in [-0.25, -0.2) is 0 Å². The molecular weight excluding hydrogens is 396 g/mol. The number of tetrazole rings is 1. The Morgan fingerprint density at radius 1 is 1.24 bits per heavy atom. The average Bonchev–Trinajstić information content (AvgIpc) is 3.42. The van der Waals surface area contributed by atoms with Crippen molar-refractivity contribution in [2.45, 2.75) is 6.92 Å². The number of fused-ring (bicyclic) bond motifs is 1. The number of thiophene rings is 1. The predicted octanol–water partition coefficient (Wildman–Crippen LogP) is 1.60. The van der Waals surface area contributed by atoms with E-state index in [-0.39, 0.29) is 18.4 Å². The summed E-state index contributed by atoms with van der Waals surface area (Å²) in [4.78, 5) is 27.4. The van der Waals surface area contributed by atoms with Crippen LogP contribution in [0.5, 0.6) is 11.5 Å². The normalized spacial score (nSPS) is 12.4. The number of nitrogens with zero attached hydrogens (tertiary/aromatic N) is 5. The molecule has 0 saturated heterocycles. The van der Waals surface area contributed by atoms with Gasteiger partial charge in [-0.05, 0) is 40.9 Å². The van der Waals surface area contributed by atoms with Crippen molar-refractivity contribution >= 4 is 28.8 Å². The van der Waals surface area contributed by atoms with E-state index in [0.717, 1.165) is 0 Å². The van der Waals surface area contributed by atoms with Gasteiger partial charge in [0.25, 0.3) is 5.91 Å². The number of carbonyl (C=O) groups is 2. The molecule has 2 amide bonds. The Balaban J connectivity index is 1.44. The third-order valence-corrected chi connectivity index (χ3v) is 5.16. The first kappa shape index (κ1) is 18.9. The molecule has 2 aromatic heterocycles. The molecule has 0 unspecified atom stereocenters. The van der Waals surface area contributed by atoms with Crippen LogP contribution in [0.3, 0.4) is 0 Å². The molecule has 150 valence electrons. The fourth-order valence-electron chi connectivity index (χ4n) is 2.88. The van der Waals surface area contributed by atoms with E-state index < -0.39 is 0 Å². The van der Waals surface area contributed by atoms with Crippen LogP contribution in [0.4, 0.5) is 5.69 Å². The van der Waals surface area contributed by atoms with Crippen LogP contribution in [-0.4, -0.2) is 63.2 Å². The van der Waals surface area contributed by atoms with Gasteiger partial charge in [-0.1, -0.05) is 0 Å². The molecule has 0 bridgehead atoms. The number of nitrogens with one attached hydrogen (secondary N) is 1. The van der Waals surface area contributed by atoms with Crippen molar-refractivity contribution in [2.24, 2.45) is 0 Å². The molecule has 10 nitrogen and oxygen atoms in total. The van der Waals surface area contributed by atoms with Gasteiger partial charge in [-0.3, -0.25) is 9.59 Å². The number of amides is 2. The molecule has 0 aliphatic carbocycles. The second-order valence-corrected chi connectivity index (χ2v) is 7.03. The van der Waals surface area contributed by atoms with Gasteiger partial charge < -0.3 is 19.7 Å². The van der Waals surface area contributed by atoms with Gasteiger partial charge >= 0.3 is 0 Å². The highest BCUT2D eigenvalue weighted by Crippen LogP contribution is 2.32. The first-order valence-corrected chi connectivity index (χ1v) is 9.83. The van der Waals surface area contributed by atoms with Crippen LogP contribution in [0.1, 0.15) is 16.6 Å². The lowest BCUT2D eigenvalue weighted by molar-refractivity contribution is -0.116. The Kier molecular flexibility index (Phi) is 5.38. The summed E-state index contributed by atoms with van der Waals surface area (Å²) in [5.74, 6) is 0.664. The number of carbonyl (C=O) groups excluding carboxylic acids is 2. The SMILES string of the molecule is CCN(CC(=O)Nc1ccc2c(c1)OCCO2)C(=O)c1sccc1-n1cnnn1. The van der Waals surface area contributed by atoms with Crippen LogP contribution in [0.25, 0.3) is 5.69 Å². The van der Waals surface area contributed by atoms with Crippen molar-refractivity contribution in [3.8, 4) is 17.2 Å². The fraction of sp³-hybridized carbons (Fsp3) is 0.278. The molecule has 1 N–H and O–H groups in total. The highest BCUT2D eigenvalue weighted by Gasteiger charge is 2.23. The molecule has 4 rings (SSSR count). The lowest BCUT2D eigenvalue weighted by Gasteiger charge is -2.21. The Bertz CT molecular complexity index is 1020. The summed E-state index contributed by atoms with van der Waals surface area (Å²) in [6.07, 6.45) is 1.42. The molecular formula is C18H18N6O4S. The van der Waals surface area contributed by atoms with Gasteiger partial charge in [0.05, 0.1) is 5.69 Å². The summed E-state index contributed by atoms with van der Waals surface area (Å²) < 4.78 is 12.4. The summed E-state index contributed by atoms with van der Waals surface area (Å²) in [7, 11) is 0. The molecule has 0 spiro atoms. The van der Waals surface area contributed by atoms with Gasteiger partial charge in [-0.2, -0.15) is 4.68 Å². The summed E-state index contributed by atoms with van der Waals surface area (Å²) in [6, 6.07) is 6.95. The molecule has 3 aromatic rings. The van der Waals surface area contributed by atoms with E-state index in [9.17, 15) is 9.59 Å². The van der Waals surface area contributed by atoms with Crippen molar-refractivity contribution < 1.29 is 19.1 Å². The summed E-state index contributed by atoms with van der Waals surface area (Å²) in [6.45, 7) is 3.07. The van der Waals surface area contributed by atoms with Gasteiger partial charge in [0, 0.05) is 18.3 Å². The molecule has 0 fully saturated rings. The van der Waals surface area contributed by atoms with Crippen molar-refractivity contribution in [3.63, 3.8) is 0 Å². The number of aromatic nitrogens is 4. The lowest BCUT2D eigenvalue weighted by atomic mass is 10.2. The van der Waals surface area contributed by atoms with Crippen molar-refractivity contribution in [3.05, 3.63) is 40.8 Å². The first-order valence-electron chi connectivity index (χ1n) is 8.95. The highest BCUT2D eigenvalue weighted by molar-refractivity contribution is 7.12. The quantitative estimate of drug-likeness (QED) is 0.652. The van der Waals surface area contributed by atoms with Crippen LogP contribution in [0.2, 0.25) is 0 Å². The van der Waals surface area contributed by atoms with E-state index in [4.69, 9.17) is 9.47 Å². The minimum Gasteiger partial charge on any atom is -0.486 e. The topological polar surface area (TPSA) is 111 Å². The molecule has 0 saturated carbocycles. The minimum absolute atomic E-state index is 0.0866. The maximum Gasteiger partial charge on any atom is 0.266 e. The number of rotatable bonds is 6. The van der Waals surface area contributed by atoms with Crippen LogP contribution in [0, 0.1) is 0 Å². The van der Waals surface area contributed by atoms with E-state index in [1.165, 1.54) is 27.2 Å². The van der Waals surface area contributed by atoms with E-state index in [1.807, 2.05) is 6.92 Å². The summed E-state index contributed by atoms with van der Waals surface area (Å²) in [5, 5.41) is 15.6. The van der Waals surface area contributed by atoms with E-state index in [2.05, 4.69) is 20.8 Å². The zero-order valence-corrected chi connectivity index (χ0v) is 16.4. The third kappa shape index (κ3) is 4.04. The van der Waals surface area contributed by atoms with Gasteiger partial charge in [0.2, 0.25) is 5.91 Å². The van der Waals surface area contributed by atoms with Crippen LogP contribution in [-0.2, 0) is 4.79 Å². The smallest absolute Gasteiger partial charge is 0.266 e. The first-order chi connectivity index (χ1) is 14.2. The second-order valence-electron chi connectivity index (χ2n) is 6.12. The van der Waals surface area contributed by atoms with Crippen LogP contribution >= 0.6 is 11.3 Å². The number of likely N-dealkylation sites (N-methyl/N-ethyl adjacent to an activating group) is 1. The van der Waals surface area contributed by atoms with Crippen LogP contribution < -0.4 is 14.8 Å². The molecule has 1 aliphatic heterocycles. The third-order valence-electron chi connectivity index (χ3n) is 4.26. The van der Waals surface area contributed by atoms with Crippen molar-refractivity contribution in [1.82, 2.24) is 25.1 Å². The Morgan fingerprint density at radius 3 is 2.83 bits per heavy atom. The van der Waals surface area contributed by atoms with Crippen molar-refractivity contribution in [1.29, 1.82) is 0 Å². The Hall–Kier alpha value is -3.47. The van der Waals surface area contributed by atoms with E-state index in [1.54, 1.807) is 29.6 Å². The molecule has 11 heteroatoms. The molecule has 0 atom stereocenters. The number of benzene rings is 1. The zero-order valence-electron chi connectivity index (χ0n) is 15.6. The summed E-state index contributed by atoms with van der Waals surface area (Å²) >= 11 is 1.28. The number of ether oxygens (including phenoxy) is 2. The zero-order chi connectivity index (χ0) is 20.2. The lowest BCUT2D eigenvalue weighted by Crippen LogP contribution is -2.37. The van der Waals surface area contributed by atoms with E-state index >= 15 is 0 Å². The maximum absolute atomic E-state index is 13.0. The van der Waals surface area contributed by atoms with Crippen LogP contribution in [0.15, 0.2) is 36.0 Å². The Labute approximate surface area is 170 Å². The van der Waals surface area contributed by atoms with Gasteiger partial charge in [-0.15, -0.1) is 16.4 Å². The number of anilines is 1. The minimum atomic E-state index is -0.308. The predicted molar refractivity (Wildman–Crippen MR) is 105 cm³/mol. The van der Waals surface area contributed by atoms with Crippen molar-refractivity contribution in [2.75, 3.05) is 31.6 Å². The van der Waals surface area contributed by atoms with E-state index in [0.29, 0.717) is 47.5 Å². The largest absolute Gasteiger partial charge is 0.486 e. The molecule has 3 heterocycles. The number of hydrogen-bond acceptors (Lipinski definition) is 8. The average molecular weight is 414 g/mol. The Morgan fingerprint density at radius 2 is 2.07 bits per heavy atom. The molecule has 1 aliphatic rings. The molecule has 0 radical (unpaired) electrons. The van der Waals surface area contributed by atoms with Gasteiger partial charge in [0.15, 0.2) is 11.5 Å². The maximum atomic E-state index is 13.0. The molecule has 1 aromatic carbocycles. The summed E-state index contributed by atoms with van der Waals surface area (Å²) in [5.41, 5.74) is 1.16. The second kappa shape index (κ2) is 8.27. The monoisotopic (exact) mass is 414 g/mol. The highest BCUT2D eigenvalue weighted by atomic mass is 32.1. The molecule has 29 heavy (non-hydrogen) atoms. The fourth-order valence-corrected chi connectivity index (χ4v) is 3.73. The van der Waals surface area contributed by atoms with Gasteiger partial charge in [0.1, 0.15) is 31.0 Å². The number of hydrogen-bond donors (Lipinski definition) is 1. The standard InChI is InChI=1S/C18H18N6O4S/c1-2-23(18(26)17-13(5-8-29-17)24-11-19-21-22-24)10-16(25)20-12-3-4-14-15(9-12)28-7-6-27-14/h3-5,8-9,11H,2,6-7,10H2,1H3,(H,20,25).